The smallest absolute Gasteiger partial charge is 0.412 e. The van der Waals surface area contributed by atoms with E-state index < -0.39 is 24.0 Å². The molecular formula is C27H25N3O5. The third-order valence-corrected chi connectivity index (χ3v) is 6.42. The Morgan fingerprint density at radius 3 is 2.23 bits per heavy atom. The summed E-state index contributed by atoms with van der Waals surface area (Å²) in [6.45, 7) is 0.154. The number of hydrogen-bond acceptors (Lipinski definition) is 5. The molecule has 2 amide bonds. The molecule has 0 spiro atoms. The van der Waals surface area contributed by atoms with Gasteiger partial charge in [0.25, 0.3) is 5.91 Å². The van der Waals surface area contributed by atoms with Crippen LogP contribution in [0.4, 0.5) is 10.6 Å². The lowest BCUT2D eigenvalue weighted by Crippen LogP contribution is -2.41. The number of benzene rings is 2. The summed E-state index contributed by atoms with van der Waals surface area (Å²) in [6, 6.07) is 19.7. The number of aromatic nitrogens is 1. The van der Waals surface area contributed by atoms with Crippen molar-refractivity contribution in [3.05, 3.63) is 83.6 Å². The summed E-state index contributed by atoms with van der Waals surface area (Å²) in [4.78, 5) is 40.7. The molecule has 1 atom stereocenters. The minimum atomic E-state index is -1.07. The second-order valence-corrected chi connectivity index (χ2v) is 8.90. The van der Waals surface area contributed by atoms with Gasteiger partial charge >= 0.3 is 12.1 Å². The van der Waals surface area contributed by atoms with E-state index in [1.165, 1.54) is 12.1 Å². The van der Waals surface area contributed by atoms with Crippen LogP contribution in [0.25, 0.3) is 11.1 Å². The van der Waals surface area contributed by atoms with E-state index in [1.807, 2.05) is 36.4 Å². The third kappa shape index (κ3) is 5.01. The zero-order chi connectivity index (χ0) is 24.4. The highest BCUT2D eigenvalue weighted by Gasteiger charge is 2.31. The average molecular weight is 472 g/mol. The highest BCUT2D eigenvalue weighted by atomic mass is 16.5. The van der Waals surface area contributed by atoms with E-state index >= 15 is 0 Å². The molecule has 35 heavy (non-hydrogen) atoms. The zero-order valence-corrected chi connectivity index (χ0v) is 18.9. The Morgan fingerprint density at radius 1 is 0.943 bits per heavy atom. The Bertz CT molecular complexity index is 1240. The van der Waals surface area contributed by atoms with Gasteiger partial charge in [0.15, 0.2) is 0 Å². The van der Waals surface area contributed by atoms with E-state index in [1.54, 1.807) is 6.07 Å². The Kier molecular flexibility index (Phi) is 6.18. The van der Waals surface area contributed by atoms with Crippen LogP contribution >= 0.6 is 0 Å². The Labute approximate surface area is 202 Å². The lowest BCUT2D eigenvalue weighted by Gasteiger charge is -2.15. The molecule has 1 fully saturated rings. The van der Waals surface area contributed by atoms with E-state index in [-0.39, 0.29) is 24.0 Å². The average Bonchev–Trinajstić information content (AvgIpc) is 3.63. The monoisotopic (exact) mass is 471 g/mol. The van der Waals surface area contributed by atoms with Gasteiger partial charge in [-0.05, 0) is 46.7 Å². The topological polar surface area (TPSA) is 118 Å². The molecule has 178 valence electrons. The summed E-state index contributed by atoms with van der Waals surface area (Å²) in [5.74, 6) is -1.26. The molecular weight excluding hydrogens is 446 g/mol. The maximum absolute atomic E-state index is 12.6. The number of fused-ring (bicyclic) bond motifs is 3. The standard InChI is InChI=1S/C27H25N3O5/c31-25(29-23(26(32)33)14-16-12-13-16)22-10-5-11-24(28-22)30-27(34)35-15-21-19-8-3-1-6-17(19)18-7-2-4-9-20(18)21/h1-11,16,21,23H,12-15H2,(H,29,31)(H,32,33)(H,28,30,34)/t23-/m0/s1. The molecule has 1 heterocycles. The number of carbonyl (C=O) groups excluding carboxylic acids is 2. The third-order valence-electron chi connectivity index (χ3n) is 6.42. The number of amides is 2. The van der Waals surface area contributed by atoms with Crippen LogP contribution in [-0.2, 0) is 9.53 Å². The number of carboxylic acid groups (broad SMARTS) is 1. The molecule has 0 saturated heterocycles. The van der Waals surface area contributed by atoms with Crippen LogP contribution in [0.3, 0.4) is 0 Å². The molecule has 3 aromatic rings. The van der Waals surface area contributed by atoms with Crippen molar-refractivity contribution in [3.8, 4) is 11.1 Å². The summed E-state index contributed by atoms with van der Waals surface area (Å²) in [5.41, 5.74) is 4.51. The van der Waals surface area contributed by atoms with Crippen LogP contribution in [0, 0.1) is 5.92 Å². The summed E-state index contributed by atoms with van der Waals surface area (Å²) in [5, 5.41) is 14.5. The number of aliphatic carboxylic acids is 1. The number of hydrogen-bond donors (Lipinski definition) is 3. The fourth-order valence-electron chi connectivity index (χ4n) is 4.51. The van der Waals surface area contributed by atoms with E-state index in [0.29, 0.717) is 12.3 Å². The van der Waals surface area contributed by atoms with Crippen LogP contribution in [0.5, 0.6) is 0 Å². The van der Waals surface area contributed by atoms with Gasteiger partial charge in [0.1, 0.15) is 24.2 Å². The first-order chi connectivity index (χ1) is 17.0. The molecule has 3 N–H and O–H groups in total. The minimum absolute atomic E-state index is 0.0171. The fourth-order valence-corrected chi connectivity index (χ4v) is 4.51. The van der Waals surface area contributed by atoms with Gasteiger partial charge < -0.3 is 15.2 Å². The Balaban J connectivity index is 1.21. The lowest BCUT2D eigenvalue weighted by atomic mass is 9.98. The first-order valence-corrected chi connectivity index (χ1v) is 11.6. The first-order valence-electron chi connectivity index (χ1n) is 11.6. The molecule has 1 aromatic heterocycles. The number of carboxylic acids is 1. The van der Waals surface area contributed by atoms with Crippen LogP contribution in [0.2, 0.25) is 0 Å². The van der Waals surface area contributed by atoms with Crippen molar-refractivity contribution in [2.24, 2.45) is 5.92 Å². The van der Waals surface area contributed by atoms with Crippen molar-refractivity contribution in [3.63, 3.8) is 0 Å². The van der Waals surface area contributed by atoms with Crippen LogP contribution < -0.4 is 10.6 Å². The van der Waals surface area contributed by atoms with Crippen molar-refractivity contribution in [1.29, 1.82) is 0 Å². The van der Waals surface area contributed by atoms with E-state index in [9.17, 15) is 19.5 Å². The SMILES string of the molecule is O=C(Nc1cccc(C(=O)N[C@@H](CC2CC2)C(=O)O)n1)OCC1c2ccccc2-c2ccccc21. The summed E-state index contributed by atoms with van der Waals surface area (Å²) in [6.07, 6.45) is 1.68. The van der Waals surface area contributed by atoms with Crippen LogP contribution in [0.1, 0.15) is 46.8 Å². The number of carbonyl (C=O) groups is 3. The van der Waals surface area contributed by atoms with Crippen LogP contribution in [0.15, 0.2) is 66.7 Å². The largest absolute Gasteiger partial charge is 0.480 e. The second kappa shape index (κ2) is 9.58. The zero-order valence-electron chi connectivity index (χ0n) is 18.9. The Hall–Kier alpha value is -4.20. The molecule has 0 aliphatic heterocycles. The highest BCUT2D eigenvalue weighted by molar-refractivity contribution is 5.95. The molecule has 0 radical (unpaired) electrons. The molecule has 0 bridgehead atoms. The number of nitrogens with one attached hydrogen (secondary N) is 2. The first kappa shape index (κ1) is 22.6. The van der Waals surface area contributed by atoms with Crippen molar-refractivity contribution < 1.29 is 24.2 Å². The molecule has 8 heteroatoms. The van der Waals surface area contributed by atoms with Gasteiger partial charge in [0.05, 0.1) is 0 Å². The van der Waals surface area contributed by atoms with Gasteiger partial charge in [0.2, 0.25) is 0 Å². The Morgan fingerprint density at radius 2 is 1.60 bits per heavy atom. The van der Waals surface area contributed by atoms with E-state index in [2.05, 4.69) is 27.8 Å². The van der Waals surface area contributed by atoms with Gasteiger partial charge in [-0.1, -0.05) is 67.4 Å². The summed E-state index contributed by atoms with van der Waals surface area (Å²) < 4.78 is 5.52. The maximum atomic E-state index is 12.6. The van der Waals surface area contributed by atoms with Crippen molar-refractivity contribution >= 4 is 23.8 Å². The predicted molar refractivity (Wildman–Crippen MR) is 129 cm³/mol. The lowest BCUT2D eigenvalue weighted by molar-refractivity contribution is -0.139. The van der Waals surface area contributed by atoms with Gasteiger partial charge in [-0.3, -0.25) is 10.1 Å². The fraction of sp³-hybridized carbons (Fsp3) is 0.259. The van der Waals surface area contributed by atoms with Gasteiger partial charge in [0, 0.05) is 5.92 Å². The molecule has 2 aliphatic carbocycles. The molecule has 5 rings (SSSR count). The number of pyridine rings is 1. The van der Waals surface area contributed by atoms with E-state index in [0.717, 1.165) is 35.1 Å². The van der Waals surface area contributed by atoms with Gasteiger partial charge in [-0.25, -0.2) is 14.6 Å². The number of nitrogens with zero attached hydrogens (tertiary/aromatic N) is 1. The van der Waals surface area contributed by atoms with Crippen LogP contribution in [-0.4, -0.2) is 40.7 Å². The van der Waals surface area contributed by atoms with Crippen molar-refractivity contribution in [2.45, 2.75) is 31.2 Å². The van der Waals surface area contributed by atoms with E-state index in [4.69, 9.17) is 4.74 Å². The normalized spacial score (nSPS) is 15.0. The highest BCUT2D eigenvalue weighted by Crippen LogP contribution is 2.44. The van der Waals surface area contributed by atoms with Crippen molar-refractivity contribution in [1.82, 2.24) is 10.3 Å². The minimum Gasteiger partial charge on any atom is -0.480 e. The van der Waals surface area contributed by atoms with Crippen molar-refractivity contribution in [2.75, 3.05) is 11.9 Å². The number of ether oxygens (including phenoxy) is 1. The predicted octanol–water partition coefficient (Wildman–Crippen LogP) is 4.43. The summed E-state index contributed by atoms with van der Waals surface area (Å²) in [7, 11) is 0. The molecule has 0 unspecified atom stereocenters. The number of rotatable bonds is 8. The molecule has 8 nitrogen and oxygen atoms in total. The van der Waals surface area contributed by atoms with Gasteiger partial charge in [-0.2, -0.15) is 0 Å². The maximum Gasteiger partial charge on any atom is 0.412 e. The quantitative estimate of drug-likeness (QED) is 0.448. The van der Waals surface area contributed by atoms with Gasteiger partial charge in [-0.15, -0.1) is 0 Å². The molecule has 2 aliphatic rings. The molecule has 1 saturated carbocycles. The second-order valence-electron chi connectivity index (χ2n) is 8.90. The summed E-state index contributed by atoms with van der Waals surface area (Å²) >= 11 is 0. The molecule has 2 aromatic carbocycles. The number of anilines is 1.